The molecule has 0 heterocycles. The molecule has 0 fully saturated rings. The van der Waals surface area contributed by atoms with E-state index in [-0.39, 0.29) is 27.9 Å². The maximum Gasteiger partial charge on any atom is 0.316 e. The second kappa shape index (κ2) is 15.0. The standard InChI is InChI=1S/C20H34O3S.Mg.2H/c1-2-3-4-5-6-7-8-9-10-11-12-13-16-19-17-14-15-18-20(19)24(21,22)23;;;/h14-15,17-18H,2-13,16H2,1H3,(H,21,22,23);;;. The maximum absolute atomic E-state index is 11.3. The van der Waals surface area contributed by atoms with Crippen molar-refractivity contribution in [1.82, 2.24) is 0 Å². The van der Waals surface area contributed by atoms with Crippen molar-refractivity contribution in [3.8, 4) is 0 Å². The predicted octanol–water partition coefficient (Wildman–Crippen LogP) is 5.26. The topological polar surface area (TPSA) is 54.4 Å². The van der Waals surface area contributed by atoms with Gasteiger partial charge in [0.15, 0.2) is 0 Å². The highest BCUT2D eigenvalue weighted by atomic mass is 32.2. The Morgan fingerprint density at radius 2 is 1.20 bits per heavy atom. The van der Waals surface area contributed by atoms with Crippen LogP contribution in [0.2, 0.25) is 0 Å². The summed E-state index contributed by atoms with van der Waals surface area (Å²) in [6.07, 6.45) is 16.2. The Morgan fingerprint density at radius 3 is 1.68 bits per heavy atom. The fourth-order valence-electron chi connectivity index (χ4n) is 3.12. The molecule has 142 valence electrons. The average Bonchev–Trinajstić information content (AvgIpc) is 2.55. The van der Waals surface area contributed by atoms with Crippen molar-refractivity contribution < 1.29 is 13.0 Å². The lowest BCUT2D eigenvalue weighted by Crippen LogP contribution is -2.03. The van der Waals surface area contributed by atoms with Crippen molar-refractivity contribution in [2.45, 2.75) is 95.3 Å². The Kier molecular flexibility index (Phi) is 14.9. The van der Waals surface area contributed by atoms with Crippen LogP contribution in [0.4, 0.5) is 0 Å². The van der Waals surface area contributed by atoms with Gasteiger partial charge in [-0.1, -0.05) is 95.8 Å². The average molecular weight is 381 g/mol. The second-order valence-corrected chi connectivity index (χ2v) is 8.11. The van der Waals surface area contributed by atoms with E-state index in [1.54, 1.807) is 12.1 Å². The Balaban J connectivity index is 0.00000576. The monoisotopic (exact) mass is 380 g/mol. The molecule has 0 amide bonds. The Morgan fingerprint density at radius 1 is 0.760 bits per heavy atom. The summed E-state index contributed by atoms with van der Waals surface area (Å²) < 4.78 is 31.9. The summed E-state index contributed by atoms with van der Waals surface area (Å²) in [5, 5.41) is 0. The van der Waals surface area contributed by atoms with Crippen molar-refractivity contribution in [2.75, 3.05) is 0 Å². The fraction of sp³-hybridized carbons (Fsp3) is 0.700. The van der Waals surface area contributed by atoms with Crippen molar-refractivity contribution in [3.05, 3.63) is 29.8 Å². The zero-order chi connectivity index (χ0) is 17.7. The van der Waals surface area contributed by atoms with Crippen LogP contribution in [0.5, 0.6) is 0 Å². The first kappa shape index (κ1) is 24.9. The molecular formula is C20H36MgO3S. The summed E-state index contributed by atoms with van der Waals surface area (Å²) in [5.74, 6) is 0. The van der Waals surface area contributed by atoms with E-state index in [0.717, 1.165) is 18.4 Å². The van der Waals surface area contributed by atoms with Crippen LogP contribution in [0.15, 0.2) is 29.2 Å². The summed E-state index contributed by atoms with van der Waals surface area (Å²) in [4.78, 5) is 0.0630. The largest absolute Gasteiger partial charge is 0.316 e. The van der Waals surface area contributed by atoms with Gasteiger partial charge in [0.25, 0.3) is 10.1 Å². The van der Waals surface area contributed by atoms with Gasteiger partial charge in [-0.3, -0.25) is 4.55 Å². The van der Waals surface area contributed by atoms with Gasteiger partial charge in [0, 0.05) is 0 Å². The molecule has 1 rings (SSSR count). The molecule has 0 aromatic heterocycles. The zero-order valence-electron chi connectivity index (χ0n) is 15.2. The van der Waals surface area contributed by atoms with Gasteiger partial charge in [-0.25, -0.2) is 0 Å². The molecule has 3 nitrogen and oxygen atoms in total. The molecule has 0 unspecified atom stereocenters. The van der Waals surface area contributed by atoms with Gasteiger partial charge in [-0.15, -0.1) is 0 Å². The minimum absolute atomic E-state index is 0. The van der Waals surface area contributed by atoms with Crippen LogP contribution in [0.25, 0.3) is 0 Å². The molecule has 0 atom stereocenters. The first-order valence-corrected chi connectivity index (χ1v) is 11.0. The zero-order valence-corrected chi connectivity index (χ0v) is 16.0. The van der Waals surface area contributed by atoms with Gasteiger partial charge in [0.2, 0.25) is 0 Å². The molecule has 0 aliphatic heterocycles. The van der Waals surface area contributed by atoms with Crippen LogP contribution in [0, 0.1) is 0 Å². The summed E-state index contributed by atoms with van der Waals surface area (Å²) in [7, 11) is -4.10. The molecule has 1 aromatic carbocycles. The van der Waals surface area contributed by atoms with E-state index in [1.165, 1.54) is 70.3 Å². The number of hydrogen-bond acceptors (Lipinski definition) is 2. The molecule has 0 aliphatic carbocycles. The van der Waals surface area contributed by atoms with Crippen molar-refractivity contribution in [2.24, 2.45) is 0 Å². The normalized spacial score (nSPS) is 11.3. The Labute approximate surface area is 170 Å². The van der Waals surface area contributed by atoms with Crippen LogP contribution in [0.1, 0.15) is 89.5 Å². The van der Waals surface area contributed by atoms with Gasteiger partial charge in [-0.2, -0.15) is 8.42 Å². The lowest BCUT2D eigenvalue weighted by molar-refractivity contribution is 0.481. The number of unbranched alkanes of at least 4 members (excludes halogenated alkanes) is 11. The smallest absolute Gasteiger partial charge is 0.282 e. The molecule has 1 N–H and O–H groups in total. The van der Waals surface area contributed by atoms with E-state index < -0.39 is 10.1 Å². The quantitative estimate of drug-likeness (QED) is 0.272. The predicted molar refractivity (Wildman–Crippen MR) is 110 cm³/mol. The van der Waals surface area contributed by atoms with Gasteiger partial charge < -0.3 is 0 Å². The van der Waals surface area contributed by atoms with Gasteiger partial charge in [0.05, 0.1) is 4.90 Å². The van der Waals surface area contributed by atoms with E-state index in [2.05, 4.69) is 6.92 Å². The van der Waals surface area contributed by atoms with E-state index in [4.69, 9.17) is 0 Å². The second-order valence-electron chi connectivity index (χ2n) is 6.72. The van der Waals surface area contributed by atoms with Gasteiger partial charge >= 0.3 is 23.1 Å². The van der Waals surface area contributed by atoms with Crippen LogP contribution >= 0.6 is 0 Å². The minimum atomic E-state index is -4.10. The molecule has 0 aliphatic rings. The molecule has 1 aromatic rings. The maximum atomic E-state index is 11.3. The van der Waals surface area contributed by atoms with Crippen LogP contribution in [0.3, 0.4) is 0 Å². The summed E-state index contributed by atoms with van der Waals surface area (Å²) >= 11 is 0. The molecule has 0 spiro atoms. The van der Waals surface area contributed by atoms with Crippen LogP contribution < -0.4 is 0 Å². The highest BCUT2D eigenvalue weighted by Gasteiger charge is 2.13. The van der Waals surface area contributed by atoms with Crippen LogP contribution in [-0.4, -0.2) is 36.0 Å². The third-order valence-corrected chi connectivity index (χ3v) is 5.50. The summed E-state index contributed by atoms with van der Waals surface area (Å²) in [5.41, 5.74) is 0.729. The van der Waals surface area contributed by atoms with Crippen molar-refractivity contribution in [3.63, 3.8) is 0 Å². The first-order valence-electron chi connectivity index (χ1n) is 9.61. The molecule has 25 heavy (non-hydrogen) atoms. The lowest BCUT2D eigenvalue weighted by atomic mass is 10.0. The van der Waals surface area contributed by atoms with E-state index in [9.17, 15) is 13.0 Å². The molecule has 0 bridgehead atoms. The molecular weight excluding hydrogens is 345 g/mol. The third-order valence-electron chi connectivity index (χ3n) is 4.55. The first-order chi connectivity index (χ1) is 11.6. The van der Waals surface area contributed by atoms with Gasteiger partial charge in [0.1, 0.15) is 0 Å². The molecule has 5 heteroatoms. The molecule has 0 saturated heterocycles. The SMILES string of the molecule is CCCCCCCCCCCCCCc1ccccc1S(=O)(=O)O.[MgH2]. The Hall–Kier alpha value is -0.104. The number of benzene rings is 1. The highest BCUT2D eigenvalue weighted by Crippen LogP contribution is 2.18. The highest BCUT2D eigenvalue weighted by molar-refractivity contribution is 7.85. The summed E-state index contributed by atoms with van der Waals surface area (Å²) in [6, 6.07) is 6.74. The van der Waals surface area contributed by atoms with Crippen molar-refractivity contribution >= 4 is 33.2 Å². The third kappa shape index (κ3) is 12.0. The fourth-order valence-corrected chi connectivity index (χ4v) is 3.87. The minimum Gasteiger partial charge on any atom is -0.282 e. The molecule has 0 saturated carbocycles. The number of aryl methyl sites for hydroxylation is 1. The van der Waals surface area contributed by atoms with Crippen LogP contribution in [-0.2, 0) is 16.5 Å². The van der Waals surface area contributed by atoms with E-state index >= 15 is 0 Å². The van der Waals surface area contributed by atoms with Crippen molar-refractivity contribution in [1.29, 1.82) is 0 Å². The van der Waals surface area contributed by atoms with E-state index in [1.807, 2.05) is 6.07 Å². The summed E-state index contributed by atoms with van der Waals surface area (Å²) in [6.45, 7) is 2.25. The number of rotatable bonds is 14. The number of hydrogen-bond donors (Lipinski definition) is 1. The Bertz CT molecular complexity index is 544. The lowest BCUT2D eigenvalue weighted by Gasteiger charge is -2.07. The van der Waals surface area contributed by atoms with E-state index in [0.29, 0.717) is 6.42 Å². The van der Waals surface area contributed by atoms with Gasteiger partial charge in [-0.05, 0) is 24.5 Å². The molecule has 0 radical (unpaired) electrons.